The fraction of sp³-hybridized carbons (Fsp3) is 0. The summed E-state index contributed by atoms with van der Waals surface area (Å²) in [5.74, 6) is 0.895. The fourth-order valence-electron chi connectivity index (χ4n) is 1.37. The topological polar surface area (TPSA) is 9.23 Å². The normalized spacial score (nSPS) is 9.64. The van der Waals surface area contributed by atoms with Crippen molar-refractivity contribution in [2.45, 2.75) is 0 Å². The molecule has 2 heteroatoms. The van der Waals surface area contributed by atoms with Gasteiger partial charge < -0.3 is 0 Å². The third-order valence-corrected chi connectivity index (χ3v) is 2.43. The van der Waals surface area contributed by atoms with Crippen LogP contribution in [0.3, 0.4) is 0 Å². The third-order valence-electron chi connectivity index (χ3n) is 2.06. The summed E-state index contributed by atoms with van der Waals surface area (Å²) in [5.41, 5.74) is 2.40. The Bertz CT molecular complexity index is 412. The van der Waals surface area contributed by atoms with Gasteiger partial charge in [-0.1, -0.05) is 0 Å². The number of hydrogen-bond acceptors (Lipinski definition) is 1. The molecule has 0 aliphatic carbocycles. The maximum absolute atomic E-state index is 5.18. The molecule has 0 aromatic heterocycles. The predicted octanol–water partition coefficient (Wildman–Crippen LogP) is 3.19. The van der Waals surface area contributed by atoms with Gasteiger partial charge in [-0.3, -0.25) is 0 Å². The monoisotopic (exact) mass is 217 g/mol. The molecule has 0 N–H and O–H groups in total. The molecule has 0 spiro atoms. The molecule has 0 heterocycles. The van der Waals surface area contributed by atoms with Gasteiger partial charge in [-0.05, 0) is 0 Å². The quantitative estimate of drug-likeness (QED) is 0.702. The summed E-state index contributed by atoms with van der Waals surface area (Å²) in [6.07, 6.45) is 0. The van der Waals surface area contributed by atoms with E-state index >= 15 is 0 Å². The van der Waals surface area contributed by atoms with E-state index < -0.39 is 0 Å². The first kappa shape index (κ1) is 9.51. The molecule has 0 atom stereocenters. The van der Waals surface area contributed by atoms with E-state index in [1.54, 1.807) is 20.8 Å². The Morgan fingerprint density at radius 2 is 1.50 bits per heavy atom. The first-order valence-electron chi connectivity index (χ1n) is 4.39. The molecule has 0 saturated heterocycles. The number of rotatable bonds is 2. The Hall–Kier alpha value is -1.05. The van der Waals surface area contributed by atoms with Crippen LogP contribution in [-0.2, 0) is 20.8 Å². The van der Waals surface area contributed by atoms with Gasteiger partial charge in [-0.15, -0.1) is 0 Å². The Labute approximate surface area is 95.6 Å². The minimum absolute atomic E-state index is 0.895. The molecular formula is C12H9OTi. The van der Waals surface area contributed by atoms with Crippen LogP contribution in [0.4, 0.5) is 0 Å². The second-order valence-corrected chi connectivity index (χ2v) is 3.31. The average molecular weight is 217 g/mol. The van der Waals surface area contributed by atoms with E-state index in [-0.39, 0.29) is 0 Å². The molecule has 0 bridgehead atoms. The molecule has 0 fully saturated rings. The van der Waals surface area contributed by atoms with Crippen molar-refractivity contribution in [3.8, 4) is 16.9 Å². The maximum atomic E-state index is 5.18. The van der Waals surface area contributed by atoms with E-state index in [4.69, 9.17) is 3.32 Å². The third kappa shape index (κ3) is 2.06. The molecular weight excluding hydrogens is 208 g/mol. The van der Waals surface area contributed by atoms with Gasteiger partial charge in [0.15, 0.2) is 0 Å². The summed E-state index contributed by atoms with van der Waals surface area (Å²) in [7, 11) is 0. The Morgan fingerprint density at radius 3 is 2.21 bits per heavy atom. The van der Waals surface area contributed by atoms with E-state index in [0.717, 1.165) is 5.75 Å². The van der Waals surface area contributed by atoms with Crippen molar-refractivity contribution in [2.75, 3.05) is 0 Å². The number of hydrogen-bond donors (Lipinski definition) is 0. The van der Waals surface area contributed by atoms with Crippen molar-refractivity contribution >= 4 is 0 Å². The summed E-state index contributed by atoms with van der Waals surface area (Å²) in [4.78, 5) is 0. The van der Waals surface area contributed by atoms with Crippen LogP contribution in [0.5, 0.6) is 5.75 Å². The molecule has 0 aliphatic rings. The van der Waals surface area contributed by atoms with Crippen molar-refractivity contribution in [3.63, 3.8) is 0 Å². The van der Waals surface area contributed by atoms with E-state index in [1.807, 2.05) is 36.4 Å². The molecule has 14 heavy (non-hydrogen) atoms. The van der Waals surface area contributed by atoms with Crippen molar-refractivity contribution < 1.29 is 24.1 Å². The van der Waals surface area contributed by atoms with Gasteiger partial charge >= 0.3 is 95.6 Å². The van der Waals surface area contributed by atoms with Crippen LogP contribution in [0, 0.1) is 0 Å². The van der Waals surface area contributed by atoms with Gasteiger partial charge in [0.05, 0.1) is 0 Å². The van der Waals surface area contributed by atoms with Crippen LogP contribution in [0.25, 0.3) is 11.1 Å². The van der Waals surface area contributed by atoms with E-state index in [9.17, 15) is 0 Å². The van der Waals surface area contributed by atoms with Gasteiger partial charge in [-0.2, -0.15) is 0 Å². The molecule has 0 aliphatic heterocycles. The second-order valence-electron chi connectivity index (χ2n) is 3.00. The minimum atomic E-state index is 0.895. The Morgan fingerprint density at radius 1 is 0.786 bits per heavy atom. The van der Waals surface area contributed by atoms with Crippen LogP contribution in [0.15, 0.2) is 54.6 Å². The molecule has 1 nitrogen and oxygen atoms in total. The van der Waals surface area contributed by atoms with Gasteiger partial charge in [-0.25, -0.2) is 0 Å². The molecule has 2 aromatic carbocycles. The predicted molar refractivity (Wildman–Crippen MR) is 52.5 cm³/mol. The Balaban J connectivity index is 2.42. The van der Waals surface area contributed by atoms with Gasteiger partial charge in [0, 0.05) is 0 Å². The molecule has 0 saturated carbocycles. The molecule has 0 unspecified atom stereocenters. The van der Waals surface area contributed by atoms with Gasteiger partial charge in [0.25, 0.3) is 0 Å². The summed E-state index contributed by atoms with van der Waals surface area (Å²) in [6, 6.07) is 18.3. The van der Waals surface area contributed by atoms with E-state index in [0.29, 0.717) is 0 Å². The van der Waals surface area contributed by atoms with Crippen molar-refractivity contribution in [3.05, 3.63) is 54.6 Å². The summed E-state index contributed by atoms with van der Waals surface area (Å²) in [5, 5.41) is 0. The second kappa shape index (κ2) is 4.45. The molecule has 0 radical (unpaired) electrons. The van der Waals surface area contributed by atoms with Crippen molar-refractivity contribution in [1.29, 1.82) is 0 Å². The first-order valence-corrected chi connectivity index (χ1v) is 5.03. The average Bonchev–Trinajstić information content (AvgIpc) is 2.30. The van der Waals surface area contributed by atoms with Gasteiger partial charge in [0.1, 0.15) is 0 Å². The zero-order chi connectivity index (χ0) is 9.80. The van der Waals surface area contributed by atoms with Crippen LogP contribution in [0.2, 0.25) is 0 Å². The first-order chi connectivity index (χ1) is 6.90. The molecule has 2 rings (SSSR count). The van der Waals surface area contributed by atoms with Crippen molar-refractivity contribution in [1.82, 2.24) is 0 Å². The van der Waals surface area contributed by atoms with Gasteiger partial charge in [0.2, 0.25) is 0 Å². The zero-order valence-corrected chi connectivity index (χ0v) is 9.17. The van der Waals surface area contributed by atoms with Crippen LogP contribution >= 0.6 is 0 Å². The number of benzene rings is 2. The molecule has 2 aromatic rings. The summed E-state index contributed by atoms with van der Waals surface area (Å²) >= 11 is 1.68. The Kier molecular flexibility index (Phi) is 3.02. The zero-order valence-electron chi connectivity index (χ0n) is 7.60. The summed E-state index contributed by atoms with van der Waals surface area (Å²) in [6.45, 7) is 0. The SMILES string of the molecule is [Ti][O]c1cccc(-c2ccccc2)c1. The van der Waals surface area contributed by atoms with Crippen LogP contribution in [-0.4, -0.2) is 0 Å². The van der Waals surface area contributed by atoms with E-state index in [2.05, 4.69) is 18.2 Å². The van der Waals surface area contributed by atoms with Crippen molar-refractivity contribution in [2.24, 2.45) is 0 Å². The standard InChI is InChI=1S/C12H10O.Ti/c13-12-8-4-7-11(9-12)10-5-2-1-3-6-10;/h1-9,13H;/q;+1/p-1. The molecule has 0 amide bonds. The fourth-order valence-corrected chi connectivity index (χ4v) is 1.57. The molecule has 67 valence electrons. The van der Waals surface area contributed by atoms with Crippen LogP contribution in [0.1, 0.15) is 0 Å². The van der Waals surface area contributed by atoms with E-state index in [1.165, 1.54) is 11.1 Å². The summed E-state index contributed by atoms with van der Waals surface area (Å²) < 4.78 is 5.18. The van der Waals surface area contributed by atoms with Crippen LogP contribution < -0.4 is 3.32 Å².